The van der Waals surface area contributed by atoms with Crippen molar-refractivity contribution in [3.8, 4) is 0 Å². The van der Waals surface area contributed by atoms with E-state index in [0.29, 0.717) is 5.69 Å². The Morgan fingerprint density at radius 2 is 1.83 bits per heavy atom. The summed E-state index contributed by atoms with van der Waals surface area (Å²) < 4.78 is 14.3. The fourth-order valence-corrected chi connectivity index (χ4v) is 4.19. The highest BCUT2D eigenvalue weighted by molar-refractivity contribution is 7.10. The van der Waals surface area contributed by atoms with E-state index in [2.05, 4.69) is 23.6 Å². The number of rotatable bonds is 4. The van der Waals surface area contributed by atoms with Crippen molar-refractivity contribution in [2.45, 2.75) is 12.5 Å². The maximum atomic E-state index is 14.3. The number of hydrogen-bond donors (Lipinski definition) is 0. The molecule has 1 unspecified atom stereocenters. The average molecular weight is 354 g/mol. The number of allylic oxidation sites excluding steroid dienone is 1. The number of hydrogen-bond acceptors (Lipinski definition) is 4. The number of para-hydroxylation sites is 1. The van der Waals surface area contributed by atoms with E-state index >= 15 is 0 Å². The van der Waals surface area contributed by atoms with Crippen molar-refractivity contribution in [3.63, 3.8) is 0 Å². The van der Waals surface area contributed by atoms with Crippen molar-refractivity contribution in [2.24, 2.45) is 5.10 Å². The highest BCUT2D eigenvalue weighted by Crippen LogP contribution is 2.38. The first kappa shape index (κ1) is 15.3. The van der Waals surface area contributed by atoms with Gasteiger partial charge in [-0.15, -0.1) is 22.7 Å². The zero-order chi connectivity index (χ0) is 16.4. The van der Waals surface area contributed by atoms with Crippen LogP contribution in [0, 0.1) is 5.82 Å². The van der Waals surface area contributed by atoms with Gasteiger partial charge in [-0.1, -0.05) is 24.3 Å². The van der Waals surface area contributed by atoms with Crippen molar-refractivity contribution in [1.82, 2.24) is 0 Å². The first-order valence-electron chi connectivity index (χ1n) is 7.67. The zero-order valence-corrected chi connectivity index (χ0v) is 14.4. The highest BCUT2D eigenvalue weighted by Gasteiger charge is 2.30. The van der Waals surface area contributed by atoms with Crippen LogP contribution in [0.4, 0.5) is 10.1 Å². The largest absolute Gasteiger partial charge is 0.254 e. The minimum Gasteiger partial charge on any atom is -0.254 e. The summed E-state index contributed by atoms with van der Waals surface area (Å²) in [4.78, 5) is 2.39. The Labute approximate surface area is 148 Å². The maximum absolute atomic E-state index is 14.3. The van der Waals surface area contributed by atoms with E-state index in [-0.39, 0.29) is 11.9 Å². The summed E-state index contributed by atoms with van der Waals surface area (Å²) in [5.41, 5.74) is 1.49. The van der Waals surface area contributed by atoms with E-state index in [1.54, 1.807) is 34.8 Å². The van der Waals surface area contributed by atoms with E-state index in [1.165, 1.54) is 15.8 Å². The van der Waals surface area contributed by atoms with Crippen LogP contribution < -0.4 is 5.01 Å². The fourth-order valence-electron chi connectivity index (χ4n) is 2.76. The molecule has 120 valence electrons. The van der Waals surface area contributed by atoms with Gasteiger partial charge >= 0.3 is 0 Å². The molecule has 1 atom stereocenters. The predicted octanol–water partition coefficient (Wildman–Crippen LogP) is 5.97. The quantitative estimate of drug-likeness (QED) is 0.563. The molecule has 1 aromatic carbocycles. The Bertz CT molecular complexity index is 867. The molecule has 0 amide bonds. The van der Waals surface area contributed by atoms with Gasteiger partial charge in [0, 0.05) is 16.2 Å². The van der Waals surface area contributed by atoms with Crippen LogP contribution in [0.3, 0.4) is 0 Å². The van der Waals surface area contributed by atoms with Crippen LogP contribution in [0.25, 0.3) is 6.08 Å². The van der Waals surface area contributed by atoms with Gasteiger partial charge in [-0.3, -0.25) is 5.01 Å². The fraction of sp³-hybridized carbons (Fsp3) is 0.105. The van der Waals surface area contributed by atoms with Crippen molar-refractivity contribution >= 4 is 40.1 Å². The minimum absolute atomic E-state index is 0.0462. The molecule has 0 N–H and O–H groups in total. The van der Waals surface area contributed by atoms with Crippen molar-refractivity contribution in [1.29, 1.82) is 0 Å². The van der Waals surface area contributed by atoms with Gasteiger partial charge in [-0.2, -0.15) is 5.10 Å². The van der Waals surface area contributed by atoms with Gasteiger partial charge in [0.05, 0.1) is 17.4 Å². The molecule has 1 aliphatic heterocycles. The Morgan fingerprint density at radius 3 is 2.58 bits per heavy atom. The lowest BCUT2D eigenvalue weighted by molar-refractivity contribution is 0.608. The first-order valence-corrected chi connectivity index (χ1v) is 9.43. The van der Waals surface area contributed by atoms with Gasteiger partial charge in [0.2, 0.25) is 0 Å². The minimum atomic E-state index is -0.244. The van der Waals surface area contributed by atoms with Crippen molar-refractivity contribution < 1.29 is 4.39 Å². The van der Waals surface area contributed by atoms with Crippen molar-refractivity contribution in [3.05, 3.63) is 80.9 Å². The van der Waals surface area contributed by atoms with Gasteiger partial charge in [-0.25, -0.2) is 4.39 Å². The second kappa shape index (κ2) is 6.71. The average Bonchev–Trinajstić information content (AvgIpc) is 3.34. The Hall–Kier alpha value is -2.24. The van der Waals surface area contributed by atoms with Crippen LogP contribution in [0.1, 0.15) is 22.2 Å². The van der Waals surface area contributed by atoms with Gasteiger partial charge in [0.1, 0.15) is 5.82 Å². The van der Waals surface area contributed by atoms with Gasteiger partial charge < -0.3 is 0 Å². The molecular formula is C19H15FN2S2. The SMILES string of the molecule is Fc1ccccc1N1N=C(C=Cc2cccs2)CC1c1cccs1. The molecular weight excluding hydrogens is 339 g/mol. The molecule has 4 rings (SSSR count). The van der Waals surface area contributed by atoms with Gasteiger partial charge in [-0.05, 0) is 47.2 Å². The van der Waals surface area contributed by atoms with E-state index in [0.717, 1.165) is 12.1 Å². The number of hydrazone groups is 1. The van der Waals surface area contributed by atoms with Crippen LogP contribution >= 0.6 is 22.7 Å². The Balaban J connectivity index is 1.68. The number of anilines is 1. The third-order valence-electron chi connectivity index (χ3n) is 3.89. The van der Waals surface area contributed by atoms with E-state index in [1.807, 2.05) is 34.7 Å². The molecule has 1 aliphatic rings. The predicted molar refractivity (Wildman–Crippen MR) is 101 cm³/mol. The van der Waals surface area contributed by atoms with E-state index in [4.69, 9.17) is 5.10 Å². The third kappa shape index (κ3) is 3.05. The second-order valence-corrected chi connectivity index (χ2v) is 7.43. The summed E-state index contributed by atoms with van der Waals surface area (Å²) in [6, 6.07) is 15.1. The Morgan fingerprint density at radius 1 is 1.00 bits per heavy atom. The summed E-state index contributed by atoms with van der Waals surface area (Å²) in [7, 11) is 0. The van der Waals surface area contributed by atoms with Gasteiger partial charge in [0.15, 0.2) is 0 Å². The summed E-state index contributed by atoms with van der Waals surface area (Å²) in [5.74, 6) is -0.244. The molecule has 0 fully saturated rings. The monoisotopic (exact) mass is 354 g/mol. The lowest BCUT2D eigenvalue weighted by atomic mass is 10.1. The number of nitrogens with zero attached hydrogens (tertiary/aromatic N) is 2. The van der Waals surface area contributed by atoms with Crippen LogP contribution in [-0.4, -0.2) is 5.71 Å². The molecule has 2 aromatic heterocycles. The third-order valence-corrected chi connectivity index (χ3v) is 5.70. The molecule has 0 bridgehead atoms. The highest BCUT2D eigenvalue weighted by atomic mass is 32.1. The summed E-state index contributed by atoms with van der Waals surface area (Å²) in [5, 5.41) is 10.6. The molecule has 0 saturated carbocycles. The van der Waals surface area contributed by atoms with E-state index in [9.17, 15) is 4.39 Å². The molecule has 0 radical (unpaired) electrons. The molecule has 5 heteroatoms. The van der Waals surface area contributed by atoms with Crippen LogP contribution in [0.2, 0.25) is 0 Å². The molecule has 0 spiro atoms. The molecule has 2 nitrogen and oxygen atoms in total. The van der Waals surface area contributed by atoms with Gasteiger partial charge in [0.25, 0.3) is 0 Å². The van der Waals surface area contributed by atoms with Crippen molar-refractivity contribution in [2.75, 3.05) is 5.01 Å². The summed E-state index contributed by atoms with van der Waals surface area (Å²) in [6.07, 6.45) is 4.88. The summed E-state index contributed by atoms with van der Waals surface area (Å²) >= 11 is 3.37. The number of halogens is 1. The summed E-state index contributed by atoms with van der Waals surface area (Å²) in [6.45, 7) is 0. The molecule has 0 saturated heterocycles. The number of thiophene rings is 2. The van der Waals surface area contributed by atoms with Crippen LogP contribution in [-0.2, 0) is 0 Å². The number of benzene rings is 1. The maximum Gasteiger partial charge on any atom is 0.148 e. The van der Waals surface area contributed by atoms with E-state index < -0.39 is 0 Å². The lowest BCUT2D eigenvalue weighted by Crippen LogP contribution is -2.18. The second-order valence-electron chi connectivity index (χ2n) is 5.47. The molecule has 3 aromatic rings. The van der Waals surface area contributed by atoms with Crippen LogP contribution in [0.15, 0.2) is 70.5 Å². The normalized spacial score (nSPS) is 17.6. The molecule has 24 heavy (non-hydrogen) atoms. The Kier molecular flexibility index (Phi) is 4.28. The zero-order valence-electron chi connectivity index (χ0n) is 12.8. The topological polar surface area (TPSA) is 15.6 Å². The molecule has 0 aliphatic carbocycles. The smallest absolute Gasteiger partial charge is 0.148 e. The molecule has 3 heterocycles. The standard InChI is InChI=1S/C19H15FN2S2/c20-16-6-1-2-7-17(16)22-18(19-8-4-12-24-19)13-14(21-22)9-10-15-5-3-11-23-15/h1-12,18H,13H2. The first-order chi connectivity index (χ1) is 11.8. The lowest BCUT2D eigenvalue weighted by Gasteiger charge is -2.23. The van der Waals surface area contributed by atoms with Crippen LogP contribution in [0.5, 0.6) is 0 Å².